The highest BCUT2D eigenvalue weighted by Gasteiger charge is 2.52. The number of phenols is 1. The number of hydrogen-bond donors (Lipinski definition) is 1. The van der Waals surface area contributed by atoms with Crippen LogP contribution in [0.1, 0.15) is 30.0 Å². The normalized spacial score (nSPS) is 25.7. The lowest BCUT2D eigenvalue weighted by Crippen LogP contribution is -2.67. The van der Waals surface area contributed by atoms with Crippen LogP contribution in [0.2, 0.25) is 0 Å². The fraction of sp³-hybridized carbons (Fsp3) is 0.458. The highest BCUT2D eigenvalue weighted by molar-refractivity contribution is 7.90. The second-order valence-electron chi connectivity index (χ2n) is 9.30. The Labute approximate surface area is 184 Å². The Kier molecular flexibility index (Phi) is 5.38. The summed E-state index contributed by atoms with van der Waals surface area (Å²) in [6, 6.07) is 12.4. The number of rotatable bonds is 4. The number of amides is 1. The number of aromatic hydroxyl groups is 1. The molecule has 2 bridgehead atoms. The van der Waals surface area contributed by atoms with Gasteiger partial charge in [-0.1, -0.05) is 25.1 Å². The van der Waals surface area contributed by atoms with Gasteiger partial charge < -0.3 is 14.9 Å². The minimum atomic E-state index is -3.26. The summed E-state index contributed by atoms with van der Waals surface area (Å²) in [6.07, 6.45) is 3.14. The topological polar surface area (TPSA) is 77.9 Å². The predicted molar refractivity (Wildman–Crippen MR) is 120 cm³/mol. The Bertz CT molecular complexity index is 1110. The number of likely N-dealkylation sites (tertiary alicyclic amines) is 1. The van der Waals surface area contributed by atoms with Gasteiger partial charge in [-0.25, -0.2) is 8.42 Å². The van der Waals surface area contributed by atoms with Crippen molar-refractivity contribution in [3.63, 3.8) is 0 Å². The summed E-state index contributed by atoms with van der Waals surface area (Å²) in [5.74, 6) is 0.267. The van der Waals surface area contributed by atoms with E-state index in [9.17, 15) is 18.3 Å². The Morgan fingerprint density at radius 3 is 2.55 bits per heavy atom. The highest BCUT2D eigenvalue weighted by Crippen LogP contribution is 2.47. The summed E-state index contributed by atoms with van der Waals surface area (Å²) in [6.45, 7) is 3.15. The van der Waals surface area contributed by atoms with Gasteiger partial charge in [-0.05, 0) is 67.4 Å². The van der Waals surface area contributed by atoms with E-state index >= 15 is 0 Å². The molecule has 0 unspecified atom stereocenters. The number of likely N-dealkylation sites (N-methyl/N-ethyl adjacent to an activating group) is 2. The Balaban J connectivity index is 1.62. The molecule has 1 aliphatic heterocycles. The summed E-state index contributed by atoms with van der Waals surface area (Å²) >= 11 is 0. The number of nitrogens with zero attached hydrogens (tertiary/aromatic N) is 2. The second-order valence-corrected chi connectivity index (χ2v) is 11.3. The third kappa shape index (κ3) is 3.85. The Morgan fingerprint density at radius 2 is 1.90 bits per heavy atom. The van der Waals surface area contributed by atoms with Gasteiger partial charge in [0.2, 0.25) is 5.91 Å². The molecule has 3 atom stereocenters. The molecule has 31 heavy (non-hydrogen) atoms. The molecule has 0 spiro atoms. The third-order valence-corrected chi connectivity index (χ3v) is 8.35. The van der Waals surface area contributed by atoms with Crippen molar-refractivity contribution in [1.29, 1.82) is 0 Å². The lowest BCUT2D eigenvalue weighted by Gasteiger charge is -2.57. The van der Waals surface area contributed by atoms with Gasteiger partial charge >= 0.3 is 0 Å². The zero-order valence-corrected chi connectivity index (χ0v) is 19.3. The lowest BCUT2D eigenvalue weighted by atomic mass is 9.61. The predicted octanol–water partition coefficient (Wildman–Crippen LogP) is 2.38. The van der Waals surface area contributed by atoms with Gasteiger partial charge in [0.1, 0.15) is 5.75 Å². The van der Waals surface area contributed by atoms with E-state index in [4.69, 9.17) is 0 Å². The molecule has 7 heteroatoms. The van der Waals surface area contributed by atoms with E-state index in [1.54, 1.807) is 30.3 Å². The monoisotopic (exact) mass is 442 g/mol. The van der Waals surface area contributed by atoms with Crippen molar-refractivity contribution in [3.05, 3.63) is 59.2 Å². The third-order valence-electron chi connectivity index (χ3n) is 7.22. The number of sulfone groups is 1. The maximum absolute atomic E-state index is 13.3. The van der Waals surface area contributed by atoms with Crippen LogP contribution in [-0.4, -0.2) is 68.2 Å². The quantitative estimate of drug-likeness (QED) is 0.787. The standard InChI is InChI=1S/C24H30N2O4S/c1-24-11-12-25(2)21(14-17-7-8-18(27)15-20(17)24)23(24)26(3)22(28)13-16-5-9-19(10-6-16)31(4,29)30/h5-10,15,21,23,27H,11-14H2,1-4H3/t21-,23-,24-/m1/s1. The number of benzene rings is 2. The van der Waals surface area contributed by atoms with Crippen molar-refractivity contribution in [2.45, 2.75) is 48.6 Å². The molecular formula is C24H30N2O4S. The summed E-state index contributed by atoms with van der Waals surface area (Å²) in [5.41, 5.74) is 2.93. The van der Waals surface area contributed by atoms with Crippen molar-refractivity contribution in [2.75, 3.05) is 26.9 Å². The average Bonchev–Trinajstić information content (AvgIpc) is 2.71. The first-order valence-electron chi connectivity index (χ1n) is 10.6. The van der Waals surface area contributed by atoms with Crippen LogP contribution in [0.3, 0.4) is 0 Å². The van der Waals surface area contributed by atoms with Crippen LogP contribution >= 0.6 is 0 Å². The van der Waals surface area contributed by atoms with Gasteiger partial charge in [-0.3, -0.25) is 4.79 Å². The maximum Gasteiger partial charge on any atom is 0.227 e. The van der Waals surface area contributed by atoms with Crippen molar-refractivity contribution in [2.24, 2.45) is 0 Å². The molecule has 6 nitrogen and oxygen atoms in total. The molecule has 1 fully saturated rings. The van der Waals surface area contributed by atoms with E-state index in [0.29, 0.717) is 0 Å². The molecule has 166 valence electrons. The van der Waals surface area contributed by atoms with Crippen molar-refractivity contribution in [1.82, 2.24) is 9.80 Å². The van der Waals surface area contributed by atoms with Crippen LogP contribution < -0.4 is 0 Å². The molecule has 0 radical (unpaired) electrons. The molecule has 4 rings (SSSR count). The summed E-state index contributed by atoms with van der Waals surface area (Å²) in [4.78, 5) is 17.8. The van der Waals surface area contributed by atoms with Crippen LogP contribution in [0.4, 0.5) is 0 Å². The van der Waals surface area contributed by atoms with Gasteiger partial charge in [-0.2, -0.15) is 0 Å². The first-order valence-corrected chi connectivity index (χ1v) is 12.5. The van der Waals surface area contributed by atoms with E-state index in [2.05, 4.69) is 18.9 Å². The molecule has 1 amide bonds. The summed E-state index contributed by atoms with van der Waals surface area (Å²) < 4.78 is 23.4. The van der Waals surface area contributed by atoms with Crippen LogP contribution in [0, 0.1) is 0 Å². The molecule has 2 aromatic rings. The van der Waals surface area contributed by atoms with Crippen molar-refractivity contribution < 1.29 is 18.3 Å². The van der Waals surface area contributed by atoms with E-state index in [1.807, 2.05) is 24.1 Å². The first kappa shape index (κ1) is 21.8. The van der Waals surface area contributed by atoms with Crippen LogP contribution in [-0.2, 0) is 32.9 Å². The summed E-state index contributed by atoms with van der Waals surface area (Å²) in [7, 11) is 0.728. The molecule has 1 aliphatic carbocycles. The molecule has 1 N–H and O–H groups in total. The van der Waals surface area contributed by atoms with E-state index in [1.165, 1.54) is 11.8 Å². The average molecular weight is 443 g/mol. The largest absolute Gasteiger partial charge is 0.508 e. The fourth-order valence-corrected chi connectivity index (χ4v) is 6.07. The molecule has 2 aliphatic rings. The smallest absolute Gasteiger partial charge is 0.227 e. The second kappa shape index (κ2) is 7.64. The van der Waals surface area contributed by atoms with Crippen LogP contribution in [0.15, 0.2) is 47.4 Å². The van der Waals surface area contributed by atoms with Gasteiger partial charge in [0.25, 0.3) is 0 Å². The molecule has 2 aromatic carbocycles. The maximum atomic E-state index is 13.3. The van der Waals surface area contributed by atoms with E-state index in [0.717, 1.165) is 30.5 Å². The number of phenolic OH excluding ortho intramolecular Hbond substituents is 1. The molecule has 0 aromatic heterocycles. The number of carbonyl (C=O) groups excluding carboxylic acids is 1. The molecule has 1 heterocycles. The first-order chi connectivity index (χ1) is 14.5. The van der Waals surface area contributed by atoms with Gasteiger partial charge in [0.15, 0.2) is 9.84 Å². The minimum absolute atomic E-state index is 0.00670. The number of carbonyl (C=O) groups is 1. The van der Waals surface area contributed by atoms with Gasteiger partial charge in [-0.15, -0.1) is 0 Å². The minimum Gasteiger partial charge on any atom is -0.508 e. The number of piperidine rings is 1. The van der Waals surface area contributed by atoms with E-state index in [-0.39, 0.29) is 40.5 Å². The van der Waals surface area contributed by atoms with E-state index < -0.39 is 9.84 Å². The number of fused-ring (bicyclic) bond motifs is 4. The Hall–Kier alpha value is -2.38. The molecular weight excluding hydrogens is 412 g/mol. The molecule has 1 saturated heterocycles. The fourth-order valence-electron chi connectivity index (χ4n) is 5.44. The SMILES string of the molecule is CN1CC[C@]2(C)c3cc(O)ccc3C[C@@H]1[C@H]2N(C)C(=O)Cc1ccc(S(C)(=O)=O)cc1. The zero-order valence-electron chi connectivity index (χ0n) is 18.5. The molecule has 0 saturated carbocycles. The zero-order chi connectivity index (χ0) is 22.6. The van der Waals surface area contributed by atoms with Gasteiger partial charge in [0.05, 0.1) is 17.4 Å². The Morgan fingerprint density at radius 1 is 1.23 bits per heavy atom. The van der Waals surface area contributed by atoms with Crippen LogP contribution in [0.25, 0.3) is 0 Å². The van der Waals surface area contributed by atoms with Crippen LogP contribution in [0.5, 0.6) is 5.75 Å². The van der Waals surface area contributed by atoms with Gasteiger partial charge in [0, 0.05) is 24.8 Å². The van der Waals surface area contributed by atoms with Crippen molar-refractivity contribution >= 4 is 15.7 Å². The highest BCUT2D eigenvalue weighted by atomic mass is 32.2. The van der Waals surface area contributed by atoms with Crippen molar-refractivity contribution in [3.8, 4) is 5.75 Å². The number of hydrogen-bond acceptors (Lipinski definition) is 5. The lowest BCUT2D eigenvalue weighted by molar-refractivity contribution is -0.136. The summed E-state index contributed by atoms with van der Waals surface area (Å²) in [5, 5.41) is 10.1.